The zero-order valence-corrected chi connectivity index (χ0v) is 17.6. The summed E-state index contributed by atoms with van der Waals surface area (Å²) in [6, 6.07) is 18.4. The van der Waals surface area contributed by atoms with Gasteiger partial charge in [0, 0.05) is 12.1 Å². The predicted octanol–water partition coefficient (Wildman–Crippen LogP) is 4.16. The lowest BCUT2D eigenvalue weighted by molar-refractivity contribution is 0.252. The van der Waals surface area contributed by atoms with Crippen molar-refractivity contribution >= 4 is 23.0 Å². The van der Waals surface area contributed by atoms with Crippen LogP contribution in [0.3, 0.4) is 0 Å². The molecule has 0 atom stereocenters. The molecular weight excluding hydrogens is 406 g/mol. The molecule has 0 radical (unpaired) electrons. The molecule has 0 aliphatic carbocycles. The van der Waals surface area contributed by atoms with Crippen LogP contribution in [-0.4, -0.2) is 39.7 Å². The minimum absolute atomic E-state index is 0.0538. The monoisotopic (exact) mass is 429 g/mol. The van der Waals surface area contributed by atoms with Crippen molar-refractivity contribution in [1.82, 2.24) is 20.3 Å². The molecule has 0 spiro atoms. The molecule has 4 aromatic rings. The van der Waals surface area contributed by atoms with Crippen molar-refractivity contribution in [2.45, 2.75) is 12.8 Å². The zero-order chi connectivity index (χ0) is 22.3. The minimum Gasteiger partial charge on any atom is -0.504 e. The number of aromatic nitrogens is 3. The number of aromatic hydroxyl groups is 1. The molecule has 4 rings (SSSR count). The Bertz CT molecular complexity index is 1230. The van der Waals surface area contributed by atoms with Gasteiger partial charge in [0.05, 0.1) is 19.0 Å². The summed E-state index contributed by atoms with van der Waals surface area (Å²) >= 11 is 0. The molecule has 162 valence electrons. The third-order valence-corrected chi connectivity index (χ3v) is 4.89. The van der Waals surface area contributed by atoms with Gasteiger partial charge in [0.2, 0.25) is 0 Å². The van der Waals surface area contributed by atoms with E-state index in [-0.39, 0.29) is 11.8 Å². The normalized spacial score (nSPS) is 10.7. The SMILES string of the molecule is COc1cc(-c2ccc3ncc(NC(=O)NCCCc4ccccc4)nc3n2)ccc1O. The summed E-state index contributed by atoms with van der Waals surface area (Å²) in [5.74, 6) is 0.721. The maximum Gasteiger partial charge on any atom is 0.320 e. The van der Waals surface area contributed by atoms with Crippen LogP contribution in [0.2, 0.25) is 0 Å². The van der Waals surface area contributed by atoms with Crippen LogP contribution in [0, 0.1) is 0 Å². The Morgan fingerprint density at radius 1 is 1.06 bits per heavy atom. The second-order valence-corrected chi connectivity index (χ2v) is 7.15. The van der Waals surface area contributed by atoms with Crippen molar-refractivity contribution in [1.29, 1.82) is 0 Å². The number of pyridine rings is 1. The van der Waals surface area contributed by atoms with Crippen LogP contribution in [0.15, 0.2) is 66.9 Å². The van der Waals surface area contributed by atoms with Gasteiger partial charge in [-0.05, 0) is 48.7 Å². The summed E-state index contributed by atoms with van der Waals surface area (Å²) in [5.41, 5.74) is 3.65. The summed E-state index contributed by atoms with van der Waals surface area (Å²) in [5, 5.41) is 15.3. The van der Waals surface area contributed by atoms with Gasteiger partial charge in [0.1, 0.15) is 5.52 Å². The number of urea groups is 1. The number of ether oxygens (including phenoxy) is 1. The van der Waals surface area contributed by atoms with Gasteiger partial charge in [-0.25, -0.2) is 19.7 Å². The van der Waals surface area contributed by atoms with Crippen molar-refractivity contribution < 1.29 is 14.6 Å². The number of aryl methyl sites for hydroxylation is 1. The van der Waals surface area contributed by atoms with E-state index in [2.05, 4.69) is 37.7 Å². The number of hydrogen-bond acceptors (Lipinski definition) is 6. The second-order valence-electron chi connectivity index (χ2n) is 7.15. The topological polar surface area (TPSA) is 109 Å². The number of carbonyl (C=O) groups is 1. The number of nitrogens with zero attached hydrogens (tertiary/aromatic N) is 3. The Balaban J connectivity index is 1.40. The molecule has 0 saturated heterocycles. The molecule has 0 aliphatic heterocycles. The van der Waals surface area contributed by atoms with E-state index in [0.29, 0.717) is 35.0 Å². The molecule has 0 saturated carbocycles. The molecule has 2 aromatic carbocycles. The maximum absolute atomic E-state index is 12.2. The average molecular weight is 429 g/mol. The summed E-state index contributed by atoms with van der Waals surface area (Å²) in [7, 11) is 1.49. The van der Waals surface area contributed by atoms with Crippen molar-refractivity contribution in [2.75, 3.05) is 19.0 Å². The summed E-state index contributed by atoms with van der Waals surface area (Å²) in [6.07, 6.45) is 3.23. The number of benzene rings is 2. The van der Waals surface area contributed by atoms with Crippen LogP contribution in [0.1, 0.15) is 12.0 Å². The predicted molar refractivity (Wildman–Crippen MR) is 123 cm³/mol. The van der Waals surface area contributed by atoms with E-state index < -0.39 is 0 Å². The van der Waals surface area contributed by atoms with Gasteiger partial charge in [0.25, 0.3) is 0 Å². The smallest absolute Gasteiger partial charge is 0.320 e. The molecule has 0 bridgehead atoms. The lowest BCUT2D eigenvalue weighted by Crippen LogP contribution is -2.30. The van der Waals surface area contributed by atoms with Crippen LogP contribution >= 0.6 is 0 Å². The molecule has 8 heteroatoms. The van der Waals surface area contributed by atoms with Gasteiger partial charge in [-0.3, -0.25) is 5.32 Å². The number of hydrogen-bond donors (Lipinski definition) is 3. The van der Waals surface area contributed by atoms with Gasteiger partial charge in [0.15, 0.2) is 23.0 Å². The Morgan fingerprint density at radius 3 is 2.72 bits per heavy atom. The molecular formula is C24H23N5O3. The highest BCUT2D eigenvalue weighted by Gasteiger charge is 2.09. The van der Waals surface area contributed by atoms with E-state index in [4.69, 9.17) is 4.74 Å². The van der Waals surface area contributed by atoms with Crippen molar-refractivity contribution in [2.24, 2.45) is 0 Å². The number of anilines is 1. The third-order valence-electron chi connectivity index (χ3n) is 4.89. The molecule has 32 heavy (non-hydrogen) atoms. The number of amides is 2. The molecule has 2 aromatic heterocycles. The quantitative estimate of drug-likeness (QED) is 0.381. The molecule has 2 amide bonds. The average Bonchev–Trinajstić information content (AvgIpc) is 2.82. The van der Waals surface area contributed by atoms with Crippen molar-refractivity contribution in [3.63, 3.8) is 0 Å². The highest BCUT2D eigenvalue weighted by molar-refractivity contribution is 5.89. The first kappa shape index (κ1) is 21.0. The summed E-state index contributed by atoms with van der Waals surface area (Å²) in [4.78, 5) is 25.5. The fourth-order valence-corrected chi connectivity index (χ4v) is 3.26. The van der Waals surface area contributed by atoms with E-state index in [0.717, 1.165) is 18.4 Å². The van der Waals surface area contributed by atoms with Crippen LogP contribution in [0.5, 0.6) is 11.5 Å². The van der Waals surface area contributed by atoms with Crippen molar-refractivity contribution in [3.05, 3.63) is 72.4 Å². The molecule has 2 heterocycles. The fourth-order valence-electron chi connectivity index (χ4n) is 3.26. The van der Waals surface area contributed by atoms with E-state index >= 15 is 0 Å². The number of phenols is 1. The van der Waals surface area contributed by atoms with Gasteiger partial charge < -0.3 is 15.2 Å². The molecule has 8 nitrogen and oxygen atoms in total. The fraction of sp³-hybridized carbons (Fsp3) is 0.167. The summed E-state index contributed by atoms with van der Waals surface area (Å²) in [6.45, 7) is 0.548. The van der Waals surface area contributed by atoms with Crippen molar-refractivity contribution in [3.8, 4) is 22.8 Å². The maximum atomic E-state index is 12.2. The van der Waals surface area contributed by atoms with Crippen LogP contribution in [0.4, 0.5) is 10.6 Å². The Kier molecular flexibility index (Phi) is 6.41. The first-order chi connectivity index (χ1) is 15.6. The first-order valence-corrected chi connectivity index (χ1v) is 10.2. The van der Waals surface area contributed by atoms with Gasteiger partial charge in [-0.1, -0.05) is 30.3 Å². The standard InChI is InChI=1S/C24H23N5O3/c1-32-21-14-17(9-12-20(21)30)18-10-11-19-23(27-18)28-22(15-26-19)29-24(31)25-13-5-8-16-6-3-2-4-7-16/h2-4,6-7,9-12,14-15,30H,5,8,13H2,1H3,(H2,25,27,28,29,31). The largest absolute Gasteiger partial charge is 0.504 e. The highest BCUT2D eigenvalue weighted by atomic mass is 16.5. The number of methoxy groups -OCH3 is 1. The van der Waals surface area contributed by atoms with E-state index in [1.807, 2.05) is 24.3 Å². The van der Waals surface area contributed by atoms with Gasteiger partial charge in [-0.2, -0.15) is 0 Å². The lowest BCUT2D eigenvalue weighted by atomic mass is 10.1. The van der Waals surface area contributed by atoms with Crippen LogP contribution in [-0.2, 0) is 6.42 Å². The second kappa shape index (κ2) is 9.74. The molecule has 0 aliphatic rings. The third kappa shape index (κ3) is 5.10. The number of carbonyl (C=O) groups excluding carboxylic acids is 1. The number of phenolic OH excluding ortho intramolecular Hbond substituents is 1. The minimum atomic E-state index is -0.342. The Morgan fingerprint density at radius 2 is 1.91 bits per heavy atom. The molecule has 0 unspecified atom stereocenters. The summed E-state index contributed by atoms with van der Waals surface area (Å²) < 4.78 is 5.16. The Hall–Kier alpha value is -4.20. The van der Waals surface area contributed by atoms with Gasteiger partial charge in [-0.15, -0.1) is 0 Å². The van der Waals surface area contributed by atoms with E-state index in [1.54, 1.807) is 24.3 Å². The van der Waals surface area contributed by atoms with Crippen LogP contribution < -0.4 is 15.4 Å². The Labute approximate surface area is 185 Å². The molecule has 3 N–H and O–H groups in total. The van der Waals surface area contributed by atoms with E-state index in [1.165, 1.54) is 18.9 Å². The van der Waals surface area contributed by atoms with Crippen LogP contribution in [0.25, 0.3) is 22.4 Å². The number of fused-ring (bicyclic) bond motifs is 1. The first-order valence-electron chi connectivity index (χ1n) is 10.2. The number of nitrogens with one attached hydrogen (secondary N) is 2. The lowest BCUT2D eigenvalue weighted by Gasteiger charge is -2.09. The molecule has 0 fully saturated rings. The zero-order valence-electron chi connectivity index (χ0n) is 17.6. The number of rotatable bonds is 7. The highest BCUT2D eigenvalue weighted by Crippen LogP contribution is 2.31. The van der Waals surface area contributed by atoms with E-state index in [9.17, 15) is 9.90 Å². The van der Waals surface area contributed by atoms with Gasteiger partial charge >= 0.3 is 6.03 Å².